The Morgan fingerprint density at radius 3 is 2.79 bits per heavy atom. The van der Waals surface area contributed by atoms with E-state index in [-0.39, 0.29) is 24.4 Å². The molecule has 128 valence electrons. The normalized spacial score (nSPS) is 23.4. The van der Waals surface area contributed by atoms with Crippen molar-refractivity contribution in [2.24, 2.45) is 0 Å². The zero-order chi connectivity index (χ0) is 17.3. The van der Waals surface area contributed by atoms with Crippen molar-refractivity contribution in [2.75, 3.05) is 18.4 Å². The number of likely N-dealkylation sites (tertiary alicyclic amines) is 1. The third-order valence-electron chi connectivity index (χ3n) is 4.36. The molecule has 0 saturated carbocycles. The number of nitrogens with one attached hydrogen (secondary N) is 3. The smallest absolute Gasteiger partial charge is 0.322 e. The molecule has 7 nitrogen and oxygen atoms in total. The van der Waals surface area contributed by atoms with E-state index in [1.165, 1.54) is 0 Å². The van der Waals surface area contributed by atoms with E-state index < -0.39 is 11.6 Å². The summed E-state index contributed by atoms with van der Waals surface area (Å²) in [4.78, 5) is 38.0. The lowest BCUT2D eigenvalue weighted by Gasteiger charge is -2.38. The first-order valence-corrected chi connectivity index (χ1v) is 8.19. The van der Waals surface area contributed by atoms with Gasteiger partial charge in [-0.15, -0.1) is 0 Å². The highest BCUT2D eigenvalue weighted by Gasteiger charge is 2.49. The highest BCUT2D eigenvalue weighted by molar-refractivity contribution is 6.07. The van der Waals surface area contributed by atoms with E-state index in [4.69, 9.17) is 0 Å². The van der Waals surface area contributed by atoms with Gasteiger partial charge in [-0.05, 0) is 44.9 Å². The molecule has 2 heterocycles. The molecular weight excluding hydrogens is 308 g/mol. The summed E-state index contributed by atoms with van der Waals surface area (Å²) in [5.41, 5.74) is 0.468. The maximum Gasteiger partial charge on any atom is 0.322 e. The zero-order valence-electron chi connectivity index (χ0n) is 13.9. The quantitative estimate of drug-likeness (QED) is 0.729. The number of benzene rings is 1. The summed E-state index contributed by atoms with van der Waals surface area (Å²) in [6, 6.07) is 7.11. The van der Waals surface area contributed by atoms with Crippen LogP contribution in [0, 0.1) is 0 Å². The summed E-state index contributed by atoms with van der Waals surface area (Å²) in [5.74, 6) is -0.476. The van der Waals surface area contributed by atoms with Gasteiger partial charge in [0.15, 0.2) is 0 Å². The lowest BCUT2D eigenvalue weighted by Crippen LogP contribution is -2.59. The maximum atomic E-state index is 12.8. The number of rotatable bonds is 3. The number of carbonyl (C=O) groups is 3. The SMILES string of the molecule is CC(C)Nc1cccc(C(=O)N2CCCC3(C2)NC(=O)NC3=O)c1. The van der Waals surface area contributed by atoms with E-state index in [1.54, 1.807) is 11.0 Å². The number of piperidine rings is 1. The van der Waals surface area contributed by atoms with E-state index in [9.17, 15) is 14.4 Å². The highest BCUT2D eigenvalue weighted by atomic mass is 16.2. The molecule has 2 saturated heterocycles. The Labute approximate surface area is 140 Å². The minimum Gasteiger partial charge on any atom is -0.383 e. The maximum absolute atomic E-state index is 12.8. The van der Waals surface area contributed by atoms with Gasteiger partial charge in [-0.3, -0.25) is 14.9 Å². The highest BCUT2D eigenvalue weighted by Crippen LogP contribution is 2.26. The Morgan fingerprint density at radius 1 is 1.33 bits per heavy atom. The minimum atomic E-state index is -0.987. The number of hydrogen-bond donors (Lipinski definition) is 3. The van der Waals surface area contributed by atoms with Gasteiger partial charge in [-0.2, -0.15) is 0 Å². The zero-order valence-corrected chi connectivity index (χ0v) is 13.9. The Hall–Kier alpha value is -2.57. The van der Waals surface area contributed by atoms with Crippen LogP contribution in [0.15, 0.2) is 24.3 Å². The third kappa shape index (κ3) is 3.06. The van der Waals surface area contributed by atoms with Gasteiger partial charge in [-0.1, -0.05) is 6.07 Å². The summed E-state index contributed by atoms with van der Waals surface area (Å²) < 4.78 is 0. The van der Waals surface area contributed by atoms with Gasteiger partial charge in [0.1, 0.15) is 5.54 Å². The van der Waals surface area contributed by atoms with Crippen molar-refractivity contribution in [3.63, 3.8) is 0 Å². The number of anilines is 1. The van der Waals surface area contributed by atoms with Crippen LogP contribution in [0.3, 0.4) is 0 Å². The fraction of sp³-hybridized carbons (Fsp3) is 0.471. The van der Waals surface area contributed by atoms with Gasteiger partial charge in [-0.25, -0.2) is 4.79 Å². The van der Waals surface area contributed by atoms with Crippen LogP contribution in [0.2, 0.25) is 0 Å². The second-order valence-corrected chi connectivity index (χ2v) is 6.70. The van der Waals surface area contributed by atoms with E-state index in [1.807, 2.05) is 32.0 Å². The van der Waals surface area contributed by atoms with Crippen LogP contribution < -0.4 is 16.0 Å². The van der Waals surface area contributed by atoms with Gasteiger partial charge < -0.3 is 15.5 Å². The first kappa shape index (κ1) is 16.3. The van der Waals surface area contributed by atoms with Gasteiger partial charge in [0, 0.05) is 23.8 Å². The molecule has 0 radical (unpaired) electrons. The molecule has 2 fully saturated rings. The molecule has 0 bridgehead atoms. The summed E-state index contributed by atoms with van der Waals surface area (Å²) in [7, 11) is 0. The Balaban J connectivity index is 1.78. The molecular formula is C17H22N4O3. The van der Waals surface area contributed by atoms with Crippen molar-refractivity contribution in [1.82, 2.24) is 15.5 Å². The van der Waals surface area contributed by atoms with Crippen LogP contribution in [0.5, 0.6) is 0 Å². The van der Waals surface area contributed by atoms with Crippen LogP contribution in [0.25, 0.3) is 0 Å². The van der Waals surface area contributed by atoms with Crippen LogP contribution in [0.4, 0.5) is 10.5 Å². The molecule has 1 unspecified atom stereocenters. The molecule has 1 aromatic carbocycles. The Bertz CT molecular complexity index is 688. The second-order valence-electron chi connectivity index (χ2n) is 6.70. The molecule has 2 aliphatic rings. The molecule has 4 amide bonds. The standard InChI is InChI=1S/C17H22N4O3/c1-11(2)18-13-6-3-5-12(9-13)14(22)21-8-4-7-17(10-21)15(23)19-16(24)20-17/h3,5-6,9,11,18H,4,7-8,10H2,1-2H3,(H2,19,20,23,24). The van der Waals surface area contributed by atoms with Crippen LogP contribution in [-0.4, -0.2) is 47.4 Å². The molecule has 24 heavy (non-hydrogen) atoms. The number of amides is 4. The summed E-state index contributed by atoms with van der Waals surface area (Å²) in [6.45, 7) is 4.84. The van der Waals surface area contributed by atoms with Crippen molar-refractivity contribution in [2.45, 2.75) is 38.3 Å². The summed E-state index contributed by atoms with van der Waals surface area (Å²) in [5, 5.41) is 8.23. The summed E-state index contributed by atoms with van der Waals surface area (Å²) >= 11 is 0. The number of carbonyl (C=O) groups excluding carboxylic acids is 3. The van der Waals surface area contributed by atoms with E-state index in [0.717, 1.165) is 5.69 Å². The average molecular weight is 330 g/mol. The molecule has 1 spiro atoms. The van der Waals surface area contributed by atoms with Crippen LogP contribution in [0.1, 0.15) is 37.0 Å². The molecule has 3 N–H and O–H groups in total. The Morgan fingerprint density at radius 2 is 2.12 bits per heavy atom. The molecule has 2 aliphatic heterocycles. The van der Waals surface area contributed by atoms with Crippen molar-refractivity contribution < 1.29 is 14.4 Å². The largest absolute Gasteiger partial charge is 0.383 e. The van der Waals surface area contributed by atoms with Crippen molar-refractivity contribution in [3.05, 3.63) is 29.8 Å². The van der Waals surface area contributed by atoms with E-state index >= 15 is 0 Å². The molecule has 1 atom stereocenters. The lowest BCUT2D eigenvalue weighted by atomic mass is 9.89. The second kappa shape index (κ2) is 6.14. The fourth-order valence-electron chi connectivity index (χ4n) is 3.30. The molecule has 0 aliphatic carbocycles. The fourth-order valence-corrected chi connectivity index (χ4v) is 3.30. The van der Waals surface area contributed by atoms with Gasteiger partial charge in [0.2, 0.25) is 0 Å². The Kier molecular flexibility index (Phi) is 4.17. The monoisotopic (exact) mass is 330 g/mol. The third-order valence-corrected chi connectivity index (χ3v) is 4.36. The van der Waals surface area contributed by atoms with Gasteiger partial charge in [0.05, 0.1) is 6.54 Å². The molecule has 7 heteroatoms. The number of hydrogen-bond acceptors (Lipinski definition) is 4. The first-order chi connectivity index (χ1) is 11.4. The van der Waals surface area contributed by atoms with E-state index in [2.05, 4.69) is 16.0 Å². The molecule has 1 aromatic rings. The number of imide groups is 1. The van der Waals surface area contributed by atoms with Crippen molar-refractivity contribution >= 4 is 23.5 Å². The van der Waals surface area contributed by atoms with Crippen LogP contribution >= 0.6 is 0 Å². The average Bonchev–Trinajstić information content (AvgIpc) is 2.79. The van der Waals surface area contributed by atoms with Crippen molar-refractivity contribution in [1.29, 1.82) is 0 Å². The number of nitrogens with zero attached hydrogens (tertiary/aromatic N) is 1. The topological polar surface area (TPSA) is 90.5 Å². The van der Waals surface area contributed by atoms with Gasteiger partial charge in [0.25, 0.3) is 11.8 Å². The lowest BCUT2D eigenvalue weighted by molar-refractivity contribution is -0.125. The van der Waals surface area contributed by atoms with E-state index in [0.29, 0.717) is 24.9 Å². The number of urea groups is 1. The predicted molar refractivity (Wildman–Crippen MR) is 89.7 cm³/mol. The summed E-state index contributed by atoms with van der Waals surface area (Å²) in [6.07, 6.45) is 1.21. The first-order valence-electron chi connectivity index (χ1n) is 8.19. The minimum absolute atomic E-state index is 0.129. The van der Waals surface area contributed by atoms with Crippen molar-refractivity contribution in [3.8, 4) is 0 Å². The van der Waals surface area contributed by atoms with Gasteiger partial charge >= 0.3 is 6.03 Å². The van der Waals surface area contributed by atoms with Crippen LogP contribution in [-0.2, 0) is 4.79 Å². The molecule has 0 aromatic heterocycles. The predicted octanol–water partition coefficient (Wildman–Crippen LogP) is 1.32. The molecule has 3 rings (SSSR count).